The predicted molar refractivity (Wildman–Crippen MR) is 164 cm³/mol. The fraction of sp³-hybridized carbons (Fsp3) is 0.387. The molecule has 0 unspecified atom stereocenters. The summed E-state index contributed by atoms with van der Waals surface area (Å²) in [6.45, 7) is 5.06. The van der Waals surface area contributed by atoms with Crippen LogP contribution < -0.4 is 25.4 Å². The van der Waals surface area contributed by atoms with Gasteiger partial charge in [-0.25, -0.2) is 19.3 Å². The second-order valence-electron chi connectivity index (χ2n) is 12.0. The Hall–Kier alpha value is -4.71. The molecule has 12 heteroatoms. The number of allylic oxidation sites excluding steroid dienone is 2. The van der Waals surface area contributed by atoms with Gasteiger partial charge in [0.1, 0.15) is 5.39 Å². The highest BCUT2D eigenvalue weighted by Crippen LogP contribution is 2.51. The van der Waals surface area contributed by atoms with Crippen molar-refractivity contribution in [3.8, 4) is 11.6 Å². The summed E-state index contributed by atoms with van der Waals surface area (Å²) in [6.07, 6.45) is 8.66. The maximum Gasteiger partial charge on any atom is 0.278 e. The molecule has 1 aliphatic carbocycles. The van der Waals surface area contributed by atoms with Crippen LogP contribution in [0.15, 0.2) is 59.5 Å². The molecule has 0 radical (unpaired) electrons. The number of hydrogen-bond acceptors (Lipinski definition) is 9. The van der Waals surface area contributed by atoms with Gasteiger partial charge < -0.3 is 19.9 Å². The molecule has 1 aromatic carbocycles. The maximum absolute atomic E-state index is 13.6. The van der Waals surface area contributed by atoms with Gasteiger partial charge in [0.05, 0.1) is 6.54 Å². The smallest absolute Gasteiger partial charge is 0.278 e. The van der Waals surface area contributed by atoms with Crippen molar-refractivity contribution >= 4 is 40.1 Å². The van der Waals surface area contributed by atoms with Crippen LogP contribution in [0.1, 0.15) is 19.3 Å². The minimum Gasteiger partial charge on any atom is -0.480 e. The zero-order valence-electron chi connectivity index (χ0n) is 24.1. The molecule has 12 nitrogen and oxygen atoms in total. The summed E-state index contributed by atoms with van der Waals surface area (Å²) in [5, 5.41) is 3.69. The van der Waals surface area contributed by atoms with Gasteiger partial charge in [0.2, 0.25) is 5.95 Å². The van der Waals surface area contributed by atoms with Crippen molar-refractivity contribution in [2.24, 2.45) is 5.41 Å². The summed E-state index contributed by atoms with van der Waals surface area (Å²) in [5.74, 6) is 1.80. The largest absolute Gasteiger partial charge is 0.480 e. The van der Waals surface area contributed by atoms with E-state index in [0.717, 1.165) is 51.1 Å². The average molecular weight is 580 g/mol. The first-order chi connectivity index (χ1) is 21.0. The van der Waals surface area contributed by atoms with E-state index in [0.29, 0.717) is 47.5 Å². The summed E-state index contributed by atoms with van der Waals surface area (Å²) >= 11 is 0. The highest BCUT2D eigenvalue weighted by molar-refractivity contribution is 5.97. The van der Waals surface area contributed by atoms with Gasteiger partial charge in [-0.15, -0.1) is 0 Å². The molecule has 4 aliphatic rings. The molecule has 0 atom stereocenters. The van der Waals surface area contributed by atoms with Crippen LogP contribution in [0.2, 0.25) is 0 Å². The first-order valence-corrected chi connectivity index (χ1v) is 14.9. The highest BCUT2D eigenvalue weighted by Gasteiger charge is 2.45. The topological polar surface area (TPSA) is 114 Å². The molecule has 1 saturated carbocycles. The Morgan fingerprint density at radius 2 is 1.77 bits per heavy atom. The van der Waals surface area contributed by atoms with Gasteiger partial charge in [-0.2, -0.15) is 4.98 Å². The zero-order valence-corrected chi connectivity index (χ0v) is 24.1. The number of anilines is 4. The Labute approximate surface area is 248 Å². The van der Waals surface area contributed by atoms with Crippen molar-refractivity contribution in [3.63, 3.8) is 0 Å². The Morgan fingerprint density at radius 1 is 0.953 bits per heavy atom. The number of pyridine rings is 1. The Bertz CT molecular complexity index is 1810. The molecule has 1 amide bonds. The molecular weight excluding hydrogens is 546 g/mol. The number of amides is 1. The third kappa shape index (κ3) is 4.62. The van der Waals surface area contributed by atoms with Gasteiger partial charge >= 0.3 is 0 Å². The number of fused-ring (bicyclic) bond motifs is 5. The van der Waals surface area contributed by atoms with E-state index in [-0.39, 0.29) is 23.5 Å². The summed E-state index contributed by atoms with van der Waals surface area (Å²) in [5.41, 5.74) is 2.31. The van der Waals surface area contributed by atoms with Gasteiger partial charge in [-0.05, 0) is 68.1 Å². The van der Waals surface area contributed by atoms with Crippen LogP contribution in [0, 0.1) is 5.41 Å². The number of carbonyl (C=O) groups is 1. The molecule has 2 fully saturated rings. The number of benzene rings is 1. The van der Waals surface area contributed by atoms with Crippen LogP contribution in [0.4, 0.5) is 23.1 Å². The van der Waals surface area contributed by atoms with Crippen LogP contribution >= 0.6 is 0 Å². The van der Waals surface area contributed by atoms with Crippen molar-refractivity contribution in [2.75, 3.05) is 61.5 Å². The van der Waals surface area contributed by atoms with Gasteiger partial charge in [0.25, 0.3) is 11.5 Å². The fourth-order valence-electron chi connectivity index (χ4n) is 6.23. The SMILES string of the molecule is CN1CCN(c2ccc(Nc3ncc4c(=O)n5n(c4n3)-c3ccc4c(n3)N(CC3(CC=CC5)CC3)C(=O)CO4)cc2)CC1. The number of hydrogen-bond donors (Lipinski definition) is 1. The van der Waals surface area contributed by atoms with E-state index in [4.69, 9.17) is 14.7 Å². The minimum absolute atomic E-state index is 0.00425. The lowest BCUT2D eigenvalue weighted by Gasteiger charge is -2.34. The van der Waals surface area contributed by atoms with E-state index in [1.54, 1.807) is 26.5 Å². The number of rotatable bonds is 3. The van der Waals surface area contributed by atoms with Gasteiger partial charge in [-0.3, -0.25) is 14.5 Å². The molecule has 1 saturated heterocycles. The third-order valence-electron chi connectivity index (χ3n) is 9.06. The molecule has 43 heavy (non-hydrogen) atoms. The lowest BCUT2D eigenvalue weighted by atomic mass is 10.0. The Morgan fingerprint density at radius 3 is 2.56 bits per heavy atom. The molecular formula is C31H33N9O3. The first kappa shape index (κ1) is 26.0. The first-order valence-electron chi connectivity index (χ1n) is 14.9. The number of nitrogens with one attached hydrogen (secondary N) is 1. The average Bonchev–Trinajstić information content (AvgIpc) is 3.73. The van der Waals surface area contributed by atoms with Crippen LogP contribution in [0.5, 0.6) is 5.75 Å². The number of likely N-dealkylation sites (N-methyl/N-ethyl adjacent to an activating group) is 1. The minimum atomic E-state index is -0.204. The third-order valence-corrected chi connectivity index (χ3v) is 9.06. The lowest BCUT2D eigenvalue weighted by molar-refractivity contribution is -0.121. The highest BCUT2D eigenvalue weighted by atomic mass is 16.5. The Balaban J connectivity index is 1.17. The van der Waals surface area contributed by atoms with E-state index >= 15 is 0 Å². The van der Waals surface area contributed by atoms with E-state index < -0.39 is 0 Å². The summed E-state index contributed by atoms with van der Waals surface area (Å²) in [4.78, 5) is 47.3. The van der Waals surface area contributed by atoms with Crippen molar-refractivity contribution in [1.29, 1.82) is 0 Å². The quantitative estimate of drug-likeness (QED) is 0.366. The Kier molecular flexibility index (Phi) is 6.00. The van der Waals surface area contributed by atoms with Crippen LogP contribution in [0.3, 0.4) is 0 Å². The maximum atomic E-state index is 13.6. The zero-order chi connectivity index (χ0) is 29.1. The number of ether oxygens (including phenoxy) is 1. The van der Waals surface area contributed by atoms with E-state index in [1.807, 2.05) is 24.3 Å². The van der Waals surface area contributed by atoms with E-state index in [2.05, 4.69) is 45.4 Å². The van der Waals surface area contributed by atoms with E-state index in [9.17, 15) is 9.59 Å². The lowest BCUT2D eigenvalue weighted by Crippen LogP contribution is -2.44. The van der Waals surface area contributed by atoms with E-state index in [1.165, 1.54) is 5.69 Å². The molecule has 3 aliphatic heterocycles. The number of nitrogens with zero attached hydrogens (tertiary/aromatic N) is 8. The summed E-state index contributed by atoms with van der Waals surface area (Å²) in [6, 6.07) is 11.9. The number of carbonyl (C=O) groups excluding carboxylic acids is 1. The standard InChI is InChI=1S/C31H33N9O3/c1-36-14-16-37(17-15-36)22-6-4-21(5-7-22)33-30-32-18-23-27(35-30)40-25-9-8-24-28(34-25)38(26(41)19-43-24)20-31(11-12-31)10-2-3-13-39(40)29(23)42/h2-9,18H,10-17,19-20H2,1H3,(H,32,33,35). The summed E-state index contributed by atoms with van der Waals surface area (Å²) < 4.78 is 9.08. The molecule has 3 aromatic heterocycles. The molecule has 1 N–H and O–H groups in total. The molecule has 6 heterocycles. The van der Waals surface area contributed by atoms with Crippen LogP contribution in [0.25, 0.3) is 16.9 Å². The molecule has 220 valence electrons. The van der Waals surface area contributed by atoms with Crippen LogP contribution in [-0.4, -0.2) is 81.5 Å². The number of piperazine rings is 1. The molecule has 2 bridgehead atoms. The molecule has 4 aromatic rings. The van der Waals surface area contributed by atoms with Gasteiger partial charge in [0.15, 0.2) is 29.6 Å². The van der Waals surface area contributed by atoms with Crippen LogP contribution in [-0.2, 0) is 11.3 Å². The predicted octanol–water partition coefficient (Wildman–Crippen LogP) is 2.94. The molecule has 8 rings (SSSR count). The van der Waals surface area contributed by atoms with Crippen molar-refractivity contribution < 1.29 is 9.53 Å². The van der Waals surface area contributed by atoms with Crippen molar-refractivity contribution in [1.82, 2.24) is 29.2 Å². The van der Waals surface area contributed by atoms with Gasteiger partial charge in [-0.1, -0.05) is 12.2 Å². The molecule has 1 spiro atoms. The monoisotopic (exact) mass is 579 g/mol. The van der Waals surface area contributed by atoms with Crippen molar-refractivity contribution in [3.05, 3.63) is 65.1 Å². The summed E-state index contributed by atoms with van der Waals surface area (Å²) in [7, 11) is 2.15. The fourth-order valence-corrected chi connectivity index (χ4v) is 6.23. The second-order valence-corrected chi connectivity index (χ2v) is 12.0. The van der Waals surface area contributed by atoms with Gasteiger partial charge in [0, 0.05) is 50.3 Å². The second kappa shape index (κ2) is 9.94. The normalized spacial score (nSPS) is 19.5. The number of aromatic nitrogens is 5. The van der Waals surface area contributed by atoms with Crippen molar-refractivity contribution in [2.45, 2.75) is 25.8 Å².